The summed E-state index contributed by atoms with van der Waals surface area (Å²) in [4.78, 5) is 8.89. The maximum atomic E-state index is 9.43. The van der Waals surface area contributed by atoms with Gasteiger partial charge in [0.25, 0.3) is 0 Å². The number of aliphatic imine (C=N–C) groups is 1. The van der Waals surface area contributed by atoms with E-state index in [9.17, 15) is 5.26 Å². The van der Waals surface area contributed by atoms with Gasteiger partial charge in [-0.3, -0.25) is 4.99 Å². The molecule has 3 atom stereocenters. The van der Waals surface area contributed by atoms with Crippen LogP contribution < -0.4 is 10.5 Å². The van der Waals surface area contributed by atoms with Crippen LogP contribution in [-0.4, -0.2) is 22.0 Å². The summed E-state index contributed by atoms with van der Waals surface area (Å²) >= 11 is 4.80. The molecule has 1 unspecified atom stereocenters. The summed E-state index contributed by atoms with van der Waals surface area (Å²) < 4.78 is 5.76. The Kier molecular flexibility index (Phi) is 2.99. The second kappa shape index (κ2) is 4.37. The number of ether oxygens (including phenoxy) is 1. The molecule has 0 aromatic carbocycles. The van der Waals surface area contributed by atoms with Crippen molar-refractivity contribution in [3.05, 3.63) is 22.3 Å². The van der Waals surface area contributed by atoms with E-state index >= 15 is 0 Å². The Hall–Kier alpha value is -1.26. The second-order valence-electron chi connectivity index (χ2n) is 5.17. The standard InChI is InChI=1S/C13H13BrN4OS/c1-12(8-3-7(14)5-17-10(8)19-2)9-4-13(9,6-15)20-11(16)18-12/h3,5,9H,4H2,1-2H3,(H2,16,18)/t9?,12-,13-/m1/s1. The summed E-state index contributed by atoms with van der Waals surface area (Å²) in [5, 5.41) is 9.88. The van der Waals surface area contributed by atoms with Gasteiger partial charge in [0.15, 0.2) is 5.17 Å². The summed E-state index contributed by atoms with van der Waals surface area (Å²) in [6.07, 6.45) is 2.46. The molecule has 2 heterocycles. The number of thioether (sulfide) groups is 1. The Balaban J connectivity index is 2.16. The zero-order chi connectivity index (χ0) is 14.5. The van der Waals surface area contributed by atoms with Crippen LogP contribution in [0.5, 0.6) is 5.88 Å². The first-order valence-electron chi connectivity index (χ1n) is 6.11. The molecule has 0 amide bonds. The largest absolute Gasteiger partial charge is 0.481 e. The Morgan fingerprint density at radius 2 is 2.40 bits per heavy atom. The number of fused-ring (bicyclic) bond motifs is 1. The Labute approximate surface area is 129 Å². The van der Waals surface area contributed by atoms with Gasteiger partial charge in [0.2, 0.25) is 5.88 Å². The van der Waals surface area contributed by atoms with Gasteiger partial charge in [-0.05, 0) is 35.3 Å². The van der Waals surface area contributed by atoms with Gasteiger partial charge in [0.1, 0.15) is 4.75 Å². The first-order valence-corrected chi connectivity index (χ1v) is 7.72. The normalized spacial score (nSPS) is 34.7. The fourth-order valence-corrected chi connectivity index (χ4v) is 4.48. The molecule has 20 heavy (non-hydrogen) atoms. The number of hydrogen-bond donors (Lipinski definition) is 1. The number of nitriles is 1. The number of amidine groups is 1. The number of rotatable bonds is 2. The maximum Gasteiger partial charge on any atom is 0.218 e. The molecule has 7 heteroatoms. The van der Waals surface area contributed by atoms with Crippen LogP contribution in [0.4, 0.5) is 0 Å². The highest BCUT2D eigenvalue weighted by atomic mass is 79.9. The van der Waals surface area contributed by atoms with E-state index in [1.165, 1.54) is 11.8 Å². The number of nitrogens with zero attached hydrogens (tertiary/aromatic N) is 3. The molecule has 1 aliphatic carbocycles. The molecule has 5 nitrogen and oxygen atoms in total. The summed E-state index contributed by atoms with van der Waals surface area (Å²) in [5.41, 5.74) is 6.23. The number of hydrogen-bond acceptors (Lipinski definition) is 6. The van der Waals surface area contributed by atoms with Crippen LogP contribution in [-0.2, 0) is 5.54 Å². The van der Waals surface area contributed by atoms with Gasteiger partial charge >= 0.3 is 0 Å². The fourth-order valence-electron chi connectivity index (χ4n) is 2.87. The lowest BCUT2D eigenvalue weighted by Gasteiger charge is -2.32. The van der Waals surface area contributed by atoms with Crippen molar-refractivity contribution in [3.8, 4) is 11.9 Å². The average Bonchev–Trinajstić information content (AvgIpc) is 3.14. The van der Waals surface area contributed by atoms with Crippen LogP contribution in [0.1, 0.15) is 18.9 Å². The first-order chi connectivity index (χ1) is 9.45. The van der Waals surface area contributed by atoms with Crippen LogP contribution in [0, 0.1) is 17.2 Å². The predicted octanol–water partition coefficient (Wildman–Crippen LogP) is 2.41. The van der Waals surface area contributed by atoms with E-state index in [1.54, 1.807) is 13.3 Å². The van der Waals surface area contributed by atoms with Crippen molar-refractivity contribution in [3.63, 3.8) is 0 Å². The Bertz CT molecular complexity index is 658. The van der Waals surface area contributed by atoms with Gasteiger partial charge in [0.05, 0.1) is 18.7 Å². The molecule has 0 radical (unpaired) electrons. The van der Waals surface area contributed by atoms with Gasteiger partial charge in [-0.15, -0.1) is 0 Å². The highest BCUT2D eigenvalue weighted by molar-refractivity contribution is 9.10. The fraction of sp³-hybridized carbons (Fsp3) is 0.462. The van der Waals surface area contributed by atoms with Crippen LogP contribution >= 0.6 is 27.7 Å². The third-order valence-electron chi connectivity index (χ3n) is 3.96. The van der Waals surface area contributed by atoms with Crippen molar-refractivity contribution in [1.82, 2.24) is 4.98 Å². The van der Waals surface area contributed by atoms with E-state index in [4.69, 9.17) is 10.5 Å². The van der Waals surface area contributed by atoms with Crippen molar-refractivity contribution in [1.29, 1.82) is 5.26 Å². The van der Waals surface area contributed by atoms with Crippen LogP contribution in [0.15, 0.2) is 21.7 Å². The molecule has 2 aliphatic rings. The average molecular weight is 353 g/mol. The minimum absolute atomic E-state index is 0.127. The van der Waals surface area contributed by atoms with Gasteiger partial charge in [-0.2, -0.15) is 5.26 Å². The smallest absolute Gasteiger partial charge is 0.218 e. The summed E-state index contributed by atoms with van der Waals surface area (Å²) in [6.45, 7) is 2.00. The van der Waals surface area contributed by atoms with Gasteiger partial charge in [-0.25, -0.2) is 4.98 Å². The minimum atomic E-state index is -0.576. The minimum Gasteiger partial charge on any atom is -0.481 e. The Morgan fingerprint density at radius 1 is 1.65 bits per heavy atom. The monoisotopic (exact) mass is 352 g/mol. The number of nitrogens with two attached hydrogens (primary N) is 1. The SMILES string of the molecule is COc1ncc(Br)cc1[C@@]1(C)N=C(N)S[C@@]2(C#N)CC21. The topological polar surface area (TPSA) is 84.3 Å². The lowest BCUT2D eigenvalue weighted by Crippen LogP contribution is -2.35. The quantitative estimate of drug-likeness (QED) is 0.883. The van der Waals surface area contributed by atoms with Crippen molar-refractivity contribution >= 4 is 32.9 Å². The molecule has 0 spiro atoms. The van der Waals surface area contributed by atoms with Crippen molar-refractivity contribution in [2.24, 2.45) is 16.6 Å². The van der Waals surface area contributed by atoms with E-state index in [0.717, 1.165) is 16.5 Å². The third-order valence-corrected chi connectivity index (χ3v) is 5.60. The molecule has 1 saturated carbocycles. The van der Waals surface area contributed by atoms with Gasteiger partial charge in [-0.1, -0.05) is 11.8 Å². The van der Waals surface area contributed by atoms with E-state index in [0.29, 0.717) is 11.0 Å². The molecule has 0 saturated heterocycles. The summed E-state index contributed by atoms with van der Waals surface area (Å²) in [6, 6.07) is 4.33. The van der Waals surface area contributed by atoms with Gasteiger partial charge < -0.3 is 10.5 Å². The summed E-state index contributed by atoms with van der Waals surface area (Å²) in [7, 11) is 1.58. The van der Waals surface area contributed by atoms with Crippen LogP contribution in [0.25, 0.3) is 0 Å². The molecule has 1 fully saturated rings. The molecule has 1 aliphatic heterocycles. The molecular formula is C13H13BrN4OS. The van der Waals surface area contributed by atoms with Crippen molar-refractivity contribution in [2.75, 3.05) is 7.11 Å². The first kappa shape index (κ1) is 13.7. The van der Waals surface area contributed by atoms with Crippen molar-refractivity contribution < 1.29 is 4.74 Å². The molecule has 3 rings (SSSR count). The number of pyridine rings is 1. The van der Waals surface area contributed by atoms with E-state index in [-0.39, 0.29) is 5.92 Å². The predicted molar refractivity (Wildman–Crippen MR) is 81.5 cm³/mol. The molecule has 0 bridgehead atoms. The third kappa shape index (κ3) is 1.82. The lowest BCUT2D eigenvalue weighted by atomic mass is 9.87. The lowest BCUT2D eigenvalue weighted by molar-refractivity contribution is 0.354. The molecule has 104 valence electrons. The van der Waals surface area contributed by atoms with Gasteiger partial charge in [0, 0.05) is 22.2 Å². The molecule has 1 aromatic heterocycles. The summed E-state index contributed by atoms with van der Waals surface area (Å²) in [5.74, 6) is 0.653. The highest BCUT2D eigenvalue weighted by Gasteiger charge is 2.67. The molecule has 2 N–H and O–H groups in total. The zero-order valence-electron chi connectivity index (χ0n) is 11.1. The number of halogens is 1. The second-order valence-corrected chi connectivity index (χ2v) is 7.43. The Morgan fingerprint density at radius 3 is 3.05 bits per heavy atom. The number of aromatic nitrogens is 1. The number of methoxy groups -OCH3 is 1. The molecular weight excluding hydrogens is 340 g/mol. The maximum absolute atomic E-state index is 9.43. The molecule has 1 aromatic rings. The van der Waals surface area contributed by atoms with E-state index < -0.39 is 10.3 Å². The van der Waals surface area contributed by atoms with E-state index in [2.05, 4.69) is 32.0 Å². The van der Waals surface area contributed by atoms with Crippen molar-refractivity contribution in [2.45, 2.75) is 23.6 Å². The zero-order valence-corrected chi connectivity index (χ0v) is 13.5. The van der Waals surface area contributed by atoms with Crippen LogP contribution in [0.3, 0.4) is 0 Å². The van der Waals surface area contributed by atoms with Crippen LogP contribution in [0.2, 0.25) is 0 Å². The van der Waals surface area contributed by atoms with E-state index in [1.807, 2.05) is 13.0 Å². The highest BCUT2D eigenvalue weighted by Crippen LogP contribution is 2.66.